The van der Waals surface area contributed by atoms with Gasteiger partial charge in [0.1, 0.15) is 6.17 Å². The second-order valence-electron chi connectivity index (χ2n) is 14.6. The van der Waals surface area contributed by atoms with Crippen molar-refractivity contribution < 1.29 is 0 Å². The number of hydrogen-bond donors (Lipinski definition) is 0. The van der Waals surface area contributed by atoms with Gasteiger partial charge in [-0.25, -0.2) is 0 Å². The van der Waals surface area contributed by atoms with E-state index in [1.54, 1.807) is 0 Å². The summed E-state index contributed by atoms with van der Waals surface area (Å²) in [5, 5.41) is 0. The summed E-state index contributed by atoms with van der Waals surface area (Å²) in [7, 11) is 0. The molecule has 1 aliphatic heterocycles. The molecule has 0 aromatic rings. The second-order valence-corrected chi connectivity index (χ2v) is 14.6. The van der Waals surface area contributed by atoms with Crippen LogP contribution in [0.25, 0.3) is 0 Å². The quantitative estimate of drug-likeness (QED) is 0.0646. The van der Waals surface area contributed by atoms with E-state index in [2.05, 4.69) is 43.0 Å². The molecule has 0 amide bonds. The molecule has 0 saturated heterocycles. The summed E-state index contributed by atoms with van der Waals surface area (Å²) in [5.41, 5.74) is 0. The Morgan fingerprint density at radius 3 is 0.795 bits per heavy atom. The summed E-state index contributed by atoms with van der Waals surface area (Å²) in [6, 6.07) is 0. The number of hydrogen-bond acceptors (Lipinski definition) is 2. The molecule has 1 heterocycles. The van der Waals surface area contributed by atoms with Crippen molar-refractivity contribution in [3.8, 4) is 0 Å². The minimum Gasteiger partial charge on any atom is -0.356 e. The van der Waals surface area contributed by atoms with Crippen molar-refractivity contribution in [1.82, 2.24) is 9.80 Å². The third-order valence-corrected chi connectivity index (χ3v) is 10.3. The van der Waals surface area contributed by atoms with E-state index in [4.69, 9.17) is 0 Å². The first-order chi connectivity index (χ1) is 21.8. The monoisotopic (exact) mass is 617 g/mol. The van der Waals surface area contributed by atoms with E-state index in [9.17, 15) is 0 Å². The van der Waals surface area contributed by atoms with Crippen LogP contribution < -0.4 is 0 Å². The Labute approximate surface area is 280 Å². The van der Waals surface area contributed by atoms with E-state index in [0.29, 0.717) is 6.17 Å². The summed E-state index contributed by atoms with van der Waals surface area (Å²) in [6.45, 7) is 9.48. The first kappa shape index (κ1) is 41.4. The number of rotatable bonds is 36. The Bertz CT molecular complexity index is 572. The maximum atomic E-state index is 2.72. The lowest BCUT2D eigenvalue weighted by atomic mass is 10.0. The van der Waals surface area contributed by atoms with Crippen LogP contribution >= 0.6 is 0 Å². The maximum Gasteiger partial charge on any atom is 0.101 e. The molecule has 0 spiro atoms. The average molecular weight is 617 g/mol. The van der Waals surface area contributed by atoms with Crippen molar-refractivity contribution in [2.24, 2.45) is 0 Å². The van der Waals surface area contributed by atoms with E-state index < -0.39 is 0 Å². The van der Waals surface area contributed by atoms with Gasteiger partial charge in [0.15, 0.2) is 0 Å². The molecule has 0 aromatic heterocycles. The Kier molecular flexibility index (Phi) is 31.7. The molecule has 2 heteroatoms. The van der Waals surface area contributed by atoms with Crippen molar-refractivity contribution in [3.63, 3.8) is 0 Å². The Balaban J connectivity index is 2.13. The van der Waals surface area contributed by atoms with Crippen LogP contribution in [0.5, 0.6) is 0 Å². The van der Waals surface area contributed by atoms with Crippen molar-refractivity contribution >= 4 is 0 Å². The molecule has 0 aromatic carbocycles. The zero-order valence-corrected chi connectivity index (χ0v) is 31.1. The topological polar surface area (TPSA) is 6.48 Å². The number of unbranched alkanes of at least 4 members (excludes halogenated alkanes) is 30. The average Bonchev–Trinajstić information content (AvgIpc) is 3.42. The minimum atomic E-state index is 0.639. The van der Waals surface area contributed by atoms with Gasteiger partial charge in [-0.1, -0.05) is 213 Å². The van der Waals surface area contributed by atoms with Crippen LogP contribution in [0.15, 0.2) is 12.4 Å². The van der Waals surface area contributed by atoms with Gasteiger partial charge in [0.2, 0.25) is 0 Å². The molecule has 0 aliphatic carbocycles. The molecule has 44 heavy (non-hydrogen) atoms. The van der Waals surface area contributed by atoms with E-state index >= 15 is 0 Å². The van der Waals surface area contributed by atoms with Gasteiger partial charge < -0.3 is 9.80 Å². The van der Waals surface area contributed by atoms with E-state index in [-0.39, 0.29) is 0 Å². The van der Waals surface area contributed by atoms with Gasteiger partial charge in [-0.2, -0.15) is 0 Å². The van der Waals surface area contributed by atoms with Crippen molar-refractivity contribution in [1.29, 1.82) is 0 Å². The molecule has 1 atom stereocenters. The van der Waals surface area contributed by atoms with Gasteiger partial charge in [-0.15, -0.1) is 0 Å². The van der Waals surface area contributed by atoms with E-state index in [1.807, 2.05) is 0 Å². The third-order valence-electron chi connectivity index (χ3n) is 10.3. The van der Waals surface area contributed by atoms with Crippen LogP contribution in [0.2, 0.25) is 0 Å². The summed E-state index contributed by atoms with van der Waals surface area (Å²) < 4.78 is 0. The maximum absolute atomic E-state index is 2.72. The Hall–Kier alpha value is -0.660. The van der Waals surface area contributed by atoms with Crippen LogP contribution in [0.1, 0.15) is 239 Å². The predicted octanol–water partition coefficient (Wildman–Crippen LogP) is 14.7. The van der Waals surface area contributed by atoms with Crippen molar-refractivity contribution in [2.75, 3.05) is 13.1 Å². The standard InChI is InChI=1S/C42H84N2/c1-4-7-10-13-15-17-19-21-22-24-26-28-30-33-36-39-44-41-40-43(38-35-32-12-9-6-3)42(44)37-34-31-29-27-25-23-20-18-16-14-11-8-5-2/h40-42H,4-39H2,1-3H3. The molecule has 1 unspecified atom stereocenters. The van der Waals surface area contributed by atoms with Gasteiger partial charge >= 0.3 is 0 Å². The molecule has 1 rings (SSSR count). The molecule has 0 radical (unpaired) electrons. The van der Waals surface area contributed by atoms with Gasteiger partial charge in [-0.3, -0.25) is 0 Å². The van der Waals surface area contributed by atoms with Gasteiger partial charge in [0.25, 0.3) is 0 Å². The highest BCUT2D eigenvalue weighted by Crippen LogP contribution is 2.24. The van der Waals surface area contributed by atoms with Crippen LogP contribution in [0.3, 0.4) is 0 Å². The first-order valence-corrected chi connectivity index (χ1v) is 21.0. The molecule has 0 fully saturated rings. The first-order valence-electron chi connectivity index (χ1n) is 21.0. The molecule has 1 aliphatic rings. The molecule has 2 nitrogen and oxygen atoms in total. The summed E-state index contributed by atoms with van der Waals surface area (Å²) >= 11 is 0. The minimum absolute atomic E-state index is 0.639. The zero-order valence-electron chi connectivity index (χ0n) is 31.1. The zero-order chi connectivity index (χ0) is 31.6. The lowest BCUT2D eigenvalue weighted by Gasteiger charge is -2.33. The highest BCUT2D eigenvalue weighted by molar-refractivity contribution is 4.97. The van der Waals surface area contributed by atoms with Gasteiger partial charge in [-0.05, 0) is 25.7 Å². The summed E-state index contributed by atoms with van der Waals surface area (Å²) in [6.07, 6.45) is 54.4. The highest BCUT2D eigenvalue weighted by atomic mass is 15.4. The Morgan fingerprint density at radius 2 is 0.523 bits per heavy atom. The van der Waals surface area contributed by atoms with E-state index in [0.717, 1.165) is 0 Å². The fourth-order valence-electron chi connectivity index (χ4n) is 7.25. The molecule has 0 N–H and O–H groups in total. The SMILES string of the molecule is CCCCCCCCCCCCCCCCCN1C=CN(CCCCCCC)C1CCCCCCCCCCCCCCC. The van der Waals surface area contributed by atoms with Crippen molar-refractivity contribution in [3.05, 3.63) is 12.4 Å². The van der Waals surface area contributed by atoms with Gasteiger partial charge in [0, 0.05) is 25.5 Å². The third kappa shape index (κ3) is 25.5. The van der Waals surface area contributed by atoms with E-state index in [1.165, 1.54) is 231 Å². The fraction of sp³-hybridized carbons (Fsp3) is 0.952. The lowest BCUT2D eigenvalue weighted by molar-refractivity contribution is 0.135. The molecule has 262 valence electrons. The molecule has 0 saturated carbocycles. The summed E-state index contributed by atoms with van der Waals surface area (Å²) in [4.78, 5) is 5.42. The summed E-state index contributed by atoms with van der Waals surface area (Å²) in [5.74, 6) is 0. The second kappa shape index (κ2) is 33.7. The normalized spacial score (nSPS) is 14.8. The molecular formula is C42H84N2. The highest BCUT2D eigenvalue weighted by Gasteiger charge is 2.24. The molecule has 0 bridgehead atoms. The smallest absolute Gasteiger partial charge is 0.101 e. The Morgan fingerprint density at radius 1 is 0.295 bits per heavy atom. The molecular weight excluding hydrogens is 532 g/mol. The van der Waals surface area contributed by atoms with Crippen molar-refractivity contribution in [2.45, 2.75) is 245 Å². The lowest BCUT2D eigenvalue weighted by Crippen LogP contribution is -2.39. The van der Waals surface area contributed by atoms with Gasteiger partial charge in [0.05, 0.1) is 0 Å². The van der Waals surface area contributed by atoms with Crippen LogP contribution in [-0.2, 0) is 0 Å². The van der Waals surface area contributed by atoms with Crippen LogP contribution in [0.4, 0.5) is 0 Å². The van der Waals surface area contributed by atoms with Crippen LogP contribution in [0, 0.1) is 0 Å². The predicted molar refractivity (Wildman–Crippen MR) is 200 cm³/mol. The van der Waals surface area contributed by atoms with Crippen LogP contribution in [-0.4, -0.2) is 29.1 Å². The fourth-order valence-corrected chi connectivity index (χ4v) is 7.25. The largest absolute Gasteiger partial charge is 0.356 e. The number of nitrogens with zero attached hydrogens (tertiary/aromatic N) is 2.